The Bertz CT molecular complexity index is 1260. The van der Waals surface area contributed by atoms with Crippen LogP contribution in [0.3, 0.4) is 0 Å². The highest BCUT2D eigenvalue weighted by Gasteiger charge is 2.33. The van der Waals surface area contributed by atoms with E-state index >= 15 is 0 Å². The molecule has 0 aliphatic carbocycles. The van der Waals surface area contributed by atoms with Gasteiger partial charge in [-0.3, -0.25) is 14.2 Å². The van der Waals surface area contributed by atoms with Gasteiger partial charge >= 0.3 is 13.6 Å². The molecule has 0 radical (unpaired) electrons. The predicted octanol–water partition coefficient (Wildman–Crippen LogP) is 3.64. The number of benzene rings is 1. The van der Waals surface area contributed by atoms with Gasteiger partial charge in [0, 0.05) is 17.9 Å². The monoisotopic (exact) mass is 531 g/mol. The summed E-state index contributed by atoms with van der Waals surface area (Å²) in [5.41, 5.74) is 1.47. The van der Waals surface area contributed by atoms with E-state index in [0.29, 0.717) is 42.1 Å². The van der Waals surface area contributed by atoms with E-state index in [9.17, 15) is 14.2 Å². The summed E-state index contributed by atoms with van der Waals surface area (Å²) in [6.45, 7) is 4.75. The number of imidazole rings is 1. The normalized spacial score (nSPS) is 20.4. The van der Waals surface area contributed by atoms with Gasteiger partial charge in [0.15, 0.2) is 17.0 Å². The molecule has 1 aliphatic rings. The van der Waals surface area contributed by atoms with Crippen LogP contribution in [0.15, 0.2) is 43.0 Å². The Hall–Kier alpha value is -3.18. The molecule has 0 saturated carbocycles. The van der Waals surface area contributed by atoms with E-state index in [1.54, 1.807) is 42.1 Å². The van der Waals surface area contributed by atoms with Gasteiger partial charge in [-0.1, -0.05) is 18.2 Å². The number of ether oxygens (including phenoxy) is 2. The average Bonchev–Trinajstić information content (AvgIpc) is 3.31. The minimum Gasteiger partial charge on any atom is -0.466 e. The minimum atomic E-state index is -3.39. The molecule has 1 fully saturated rings. The number of amides is 1. The Morgan fingerprint density at radius 1 is 1.19 bits per heavy atom. The molecule has 0 unspecified atom stereocenters. The number of rotatable bonds is 11. The summed E-state index contributed by atoms with van der Waals surface area (Å²) in [6.07, 6.45) is 3.18. The lowest BCUT2D eigenvalue weighted by Crippen LogP contribution is -2.25. The maximum absolute atomic E-state index is 12.9. The molecule has 2 aromatic heterocycles. The molecule has 1 aromatic carbocycles. The first-order chi connectivity index (χ1) is 17.9. The average molecular weight is 532 g/mol. The molecular weight excluding hydrogens is 501 g/mol. The van der Waals surface area contributed by atoms with Crippen LogP contribution >= 0.6 is 7.60 Å². The fourth-order valence-corrected chi connectivity index (χ4v) is 5.28. The third kappa shape index (κ3) is 7.20. The minimum absolute atomic E-state index is 0.0301. The summed E-state index contributed by atoms with van der Waals surface area (Å²) in [4.78, 5) is 36.9. The van der Waals surface area contributed by atoms with Crippen molar-refractivity contribution in [1.82, 2.24) is 19.5 Å². The van der Waals surface area contributed by atoms with E-state index in [0.717, 1.165) is 0 Å². The molecule has 1 saturated heterocycles. The van der Waals surface area contributed by atoms with Crippen LogP contribution in [0.2, 0.25) is 0 Å². The van der Waals surface area contributed by atoms with Crippen molar-refractivity contribution in [1.29, 1.82) is 0 Å². The van der Waals surface area contributed by atoms with Gasteiger partial charge in [-0.25, -0.2) is 15.0 Å². The molecule has 0 bridgehead atoms. The highest BCUT2D eigenvalue weighted by atomic mass is 31.2. The van der Waals surface area contributed by atoms with Crippen LogP contribution in [-0.4, -0.2) is 63.7 Å². The molecule has 4 rings (SSSR count). The Labute approximate surface area is 214 Å². The molecular formula is C24H30N5O7P. The SMILES string of the molecule is CCOC(=O)CCC1COP(=O)(CO[C@H](C)Cn2cnc3c(NC(=O)c4ccccc4)ncnc32)OC1. The third-order valence-electron chi connectivity index (χ3n) is 5.72. The zero-order valence-corrected chi connectivity index (χ0v) is 21.6. The van der Waals surface area contributed by atoms with Crippen LogP contribution in [-0.2, 0) is 34.4 Å². The fourth-order valence-electron chi connectivity index (χ4n) is 3.74. The lowest BCUT2D eigenvalue weighted by atomic mass is 10.1. The van der Waals surface area contributed by atoms with E-state index in [4.69, 9.17) is 18.5 Å². The summed E-state index contributed by atoms with van der Waals surface area (Å²) in [5.74, 6) is -0.293. The summed E-state index contributed by atoms with van der Waals surface area (Å²) in [6, 6.07) is 8.81. The van der Waals surface area contributed by atoms with Gasteiger partial charge < -0.3 is 28.4 Å². The Kier molecular flexibility index (Phi) is 8.99. The third-order valence-corrected chi connectivity index (χ3v) is 7.27. The van der Waals surface area contributed by atoms with Crippen molar-refractivity contribution in [3.63, 3.8) is 0 Å². The van der Waals surface area contributed by atoms with E-state index in [1.165, 1.54) is 6.33 Å². The van der Waals surface area contributed by atoms with Crippen LogP contribution in [0.25, 0.3) is 11.2 Å². The van der Waals surface area contributed by atoms with E-state index in [-0.39, 0.29) is 49.9 Å². The molecule has 12 nitrogen and oxygen atoms in total. The zero-order valence-electron chi connectivity index (χ0n) is 20.7. The van der Waals surface area contributed by atoms with Crippen LogP contribution in [0.1, 0.15) is 37.0 Å². The van der Waals surface area contributed by atoms with Crippen LogP contribution in [0, 0.1) is 5.92 Å². The molecule has 0 spiro atoms. The van der Waals surface area contributed by atoms with Gasteiger partial charge in [0.05, 0.1) is 38.8 Å². The number of nitrogens with zero attached hydrogens (tertiary/aromatic N) is 4. The maximum atomic E-state index is 12.9. The van der Waals surface area contributed by atoms with Gasteiger partial charge in [0.2, 0.25) is 0 Å². The molecule has 198 valence electrons. The smallest absolute Gasteiger partial charge is 0.356 e. The molecule has 13 heteroatoms. The number of anilines is 1. The first kappa shape index (κ1) is 26.9. The number of esters is 1. The molecule has 3 heterocycles. The fraction of sp³-hybridized carbons (Fsp3) is 0.458. The molecule has 1 N–H and O–H groups in total. The van der Waals surface area contributed by atoms with Gasteiger partial charge in [-0.15, -0.1) is 0 Å². The second-order valence-electron chi connectivity index (χ2n) is 8.63. The number of aromatic nitrogens is 4. The van der Waals surface area contributed by atoms with Crippen molar-refractivity contribution in [3.05, 3.63) is 48.5 Å². The van der Waals surface area contributed by atoms with Crippen molar-refractivity contribution >= 4 is 36.5 Å². The molecule has 1 aliphatic heterocycles. The lowest BCUT2D eigenvalue weighted by Gasteiger charge is -2.29. The van der Waals surface area contributed by atoms with Crippen molar-refractivity contribution < 1.29 is 32.7 Å². The van der Waals surface area contributed by atoms with Crippen LogP contribution in [0.4, 0.5) is 5.82 Å². The van der Waals surface area contributed by atoms with Crippen molar-refractivity contribution in [2.45, 2.75) is 39.3 Å². The first-order valence-electron chi connectivity index (χ1n) is 12.0. The van der Waals surface area contributed by atoms with Crippen molar-refractivity contribution in [2.24, 2.45) is 5.92 Å². The number of fused-ring (bicyclic) bond motifs is 1. The second-order valence-corrected chi connectivity index (χ2v) is 10.6. The van der Waals surface area contributed by atoms with Gasteiger partial charge in [-0.05, 0) is 32.4 Å². The molecule has 37 heavy (non-hydrogen) atoms. The number of carbonyl (C=O) groups is 2. The number of carbonyl (C=O) groups excluding carboxylic acids is 2. The molecule has 3 aromatic rings. The van der Waals surface area contributed by atoms with E-state index in [1.807, 2.05) is 13.0 Å². The van der Waals surface area contributed by atoms with Gasteiger partial charge in [0.1, 0.15) is 12.7 Å². The number of nitrogens with one attached hydrogen (secondary N) is 1. The zero-order chi connectivity index (χ0) is 26.3. The lowest BCUT2D eigenvalue weighted by molar-refractivity contribution is -0.143. The topological polar surface area (TPSA) is 144 Å². The van der Waals surface area contributed by atoms with Crippen molar-refractivity contribution in [3.8, 4) is 0 Å². The second kappa shape index (κ2) is 12.4. The molecule has 1 atom stereocenters. The Morgan fingerprint density at radius 3 is 2.68 bits per heavy atom. The van der Waals surface area contributed by atoms with E-state index in [2.05, 4.69) is 20.3 Å². The number of hydrogen-bond donors (Lipinski definition) is 1. The summed E-state index contributed by atoms with van der Waals surface area (Å²) in [7, 11) is -3.39. The standard InChI is InChI=1S/C24H30N5O7P/c1-3-33-20(30)10-9-18-12-35-37(32,36-13-18)16-34-17(2)11-29-15-27-21-22(25-14-26-23(21)29)28-24(31)19-7-5-4-6-8-19/h4-8,14-15,17-18H,3,9-13,16H2,1-2H3,(H,25,26,28,31)/t17-,18?,37?/m1/s1. The van der Waals surface area contributed by atoms with Gasteiger partial charge in [-0.2, -0.15) is 0 Å². The Balaban J connectivity index is 1.29. The summed E-state index contributed by atoms with van der Waals surface area (Å²) >= 11 is 0. The summed E-state index contributed by atoms with van der Waals surface area (Å²) in [5, 5.41) is 2.77. The summed E-state index contributed by atoms with van der Waals surface area (Å²) < 4.78 is 36.3. The van der Waals surface area contributed by atoms with Crippen molar-refractivity contribution in [2.75, 3.05) is 31.5 Å². The molecule has 1 amide bonds. The highest BCUT2D eigenvalue weighted by molar-refractivity contribution is 7.53. The van der Waals surface area contributed by atoms with Crippen LogP contribution < -0.4 is 5.32 Å². The largest absolute Gasteiger partial charge is 0.466 e. The van der Waals surface area contributed by atoms with E-state index < -0.39 is 7.60 Å². The first-order valence-corrected chi connectivity index (χ1v) is 13.8. The van der Waals surface area contributed by atoms with Crippen LogP contribution in [0.5, 0.6) is 0 Å². The number of hydrogen-bond acceptors (Lipinski definition) is 10. The highest BCUT2D eigenvalue weighted by Crippen LogP contribution is 2.52. The Morgan fingerprint density at radius 2 is 1.95 bits per heavy atom. The predicted molar refractivity (Wildman–Crippen MR) is 134 cm³/mol. The maximum Gasteiger partial charge on any atom is 0.356 e. The van der Waals surface area contributed by atoms with Gasteiger partial charge in [0.25, 0.3) is 5.91 Å². The quantitative estimate of drug-likeness (QED) is 0.288.